The van der Waals surface area contributed by atoms with Crippen molar-refractivity contribution in [3.05, 3.63) is 12.0 Å². The molecule has 14 heavy (non-hydrogen) atoms. The highest BCUT2D eigenvalue weighted by molar-refractivity contribution is 7.97. The number of nitrogens with zero attached hydrogens (tertiary/aromatic N) is 3. The molecule has 1 aromatic heterocycles. The number of piperidine rings is 1. The molecule has 0 radical (unpaired) electrons. The Labute approximate surface area is 89.6 Å². The molecule has 0 amide bonds. The maximum Gasteiger partial charge on any atom is 0.129 e. The molecule has 2 rings (SSSR count). The predicted octanol–water partition coefficient (Wildman–Crippen LogP) is 2.22. The summed E-state index contributed by atoms with van der Waals surface area (Å²) in [6.07, 6.45) is 6.16. The minimum Gasteiger partial charge on any atom is -0.337 e. The van der Waals surface area contributed by atoms with Crippen molar-refractivity contribution in [2.75, 3.05) is 13.1 Å². The second-order valence-electron chi connectivity index (χ2n) is 3.82. The van der Waals surface area contributed by atoms with E-state index >= 15 is 0 Å². The zero-order valence-corrected chi connectivity index (χ0v) is 9.68. The fourth-order valence-electron chi connectivity index (χ4n) is 1.66. The molecule has 4 heteroatoms. The third-order valence-corrected chi connectivity index (χ3v) is 3.63. The summed E-state index contributed by atoms with van der Waals surface area (Å²) in [4.78, 5) is 4.49. The van der Waals surface area contributed by atoms with E-state index in [4.69, 9.17) is 0 Å². The Hall–Kier alpha value is -0.480. The zero-order chi connectivity index (χ0) is 9.97. The SMILES string of the molecule is Cc1nc(SN2CCCCC2)cn1C. The van der Waals surface area contributed by atoms with Crippen molar-refractivity contribution in [2.24, 2.45) is 7.05 Å². The van der Waals surface area contributed by atoms with Gasteiger partial charge in [-0.3, -0.25) is 0 Å². The van der Waals surface area contributed by atoms with E-state index < -0.39 is 0 Å². The third kappa shape index (κ3) is 2.30. The van der Waals surface area contributed by atoms with Crippen LogP contribution in [-0.4, -0.2) is 26.9 Å². The highest BCUT2D eigenvalue weighted by Crippen LogP contribution is 2.24. The van der Waals surface area contributed by atoms with Gasteiger partial charge in [0.2, 0.25) is 0 Å². The molecule has 0 bridgehead atoms. The van der Waals surface area contributed by atoms with Crippen LogP contribution in [0.3, 0.4) is 0 Å². The van der Waals surface area contributed by atoms with Crippen LogP contribution < -0.4 is 0 Å². The molecule has 1 aromatic rings. The van der Waals surface area contributed by atoms with Crippen molar-refractivity contribution in [3.63, 3.8) is 0 Å². The van der Waals surface area contributed by atoms with Gasteiger partial charge in [-0.25, -0.2) is 9.29 Å². The second-order valence-corrected chi connectivity index (χ2v) is 4.94. The van der Waals surface area contributed by atoms with Crippen molar-refractivity contribution in [2.45, 2.75) is 31.2 Å². The molecule has 0 aliphatic carbocycles. The Balaban J connectivity index is 1.95. The lowest BCUT2D eigenvalue weighted by atomic mass is 10.2. The first-order valence-corrected chi connectivity index (χ1v) is 5.96. The van der Waals surface area contributed by atoms with Crippen LogP contribution in [0.25, 0.3) is 0 Å². The molecule has 0 unspecified atom stereocenters. The van der Waals surface area contributed by atoms with Gasteiger partial charge in [0.25, 0.3) is 0 Å². The highest BCUT2D eigenvalue weighted by atomic mass is 32.2. The summed E-state index contributed by atoms with van der Waals surface area (Å²) in [5, 5.41) is 1.13. The standard InChI is InChI=1S/C10H17N3S/c1-9-11-10(8-12(9)2)14-13-6-4-3-5-7-13/h8H,3-7H2,1-2H3. The molecule has 0 aromatic carbocycles. The monoisotopic (exact) mass is 211 g/mol. The molecule has 3 nitrogen and oxygen atoms in total. The molecule has 1 aliphatic rings. The largest absolute Gasteiger partial charge is 0.337 e. The molecule has 1 saturated heterocycles. The lowest BCUT2D eigenvalue weighted by molar-refractivity contribution is 0.380. The first kappa shape index (κ1) is 10.1. The van der Waals surface area contributed by atoms with Gasteiger partial charge in [-0.05, 0) is 31.7 Å². The highest BCUT2D eigenvalue weighted by Gasteiger charge is 2.13. The average Bonchev–Trinajstić information content (AvgIpc) is 2.47. The molecule has 1 aliphatic heterocycles. The summed E-state index contributed by atoms with van der Waals surface area (Å²) in [7, 11) is 2.04. The summed E-state index contributed by atoms with van der Waals surface area (Å²) in [5.41, 5.74) is 0. The summed E-state index contributed by atoms with van der Waals surface area (Å²) in [6.45, 7) is 4.46. The van der Waals surface area contributed by atoms with E-state index in [1.54, 1.807) is 11.9 Å². The van der Waals surface area contributed by atoms with Crippen molar-refractivity contribution >= 4 is 11.9 Å². The Morgan fingerprint density at radius 1 is 1.29 bits per heavy atom. The van der Waals surface area contributed by atoms with Gasteiger partial charge in [0, 0.05) is 26.3 Å². The van der Waals surface area contributed by atoms with E-state index in [1.165, 1.54) is 32.4 Å². The molecule has 0 atom stereocenters. The van der Waals surface area contributed by atoms with E-state index in [2.05, 4.69) is 20.1 Å². The summed E-state index contributed by atoms with van der Waals surface area (Å²) < 4.78 is 4.50. The van der Waals surface area contributed by atoms with Crippen LogP contribution in [0.5, 0.6) is 0 Å². The molecular formula is C10H17N3S. The minimum atomic E-state index is 1.09. The van der Waals surface area contributed by atoms with Gasteiger partial charge in [-0.1, -0.05) is 6.42 Å². The van der Waals surface area contributed by atoms with Gasteiger partial charge < -0.3 is 4.57 Å². The molecule has 0 saturated carbocycles. The maximum absolute atomic E-state index is 4.49. The van der Waals surface area contributed by atoms with E-state index in [0.717, 1.165) is 10.9 Å². The van der Waals surface area contributed by atoms with E-state index in [9.17, 15) is 0 Å². The maximum atomic E-state index is 4.49. The summed E-state index contributed by atoms with van der Waals surface area (Å²) >= 11 is 1.80. The molecule has 2 heterocycles. The first-order valence-electron chi connectivity index (χ1n) is 5.18. The van der Waals surface area contributed by atoms with E-state index in [-0.39, 0.29) is 0 Å². The molecule has 0 N–H and O–H groups in total. The van der Waals surface area contributed by atoms with Gasteiger partial charge in [0.15, 0.2) is 0 Å². The van der Waals surface area contributed by atoms with Crippen LogP contribution in [0, 0.1) is 6.92 Å². The first-order chi connectivity index (χ1) is 6.75. The number of rotatable bonds is 2. The molecular weight excluding hydrogens is 194 g/mol. The van der Waals surface area contributed by atoms with Crippen molar-refractivity contribution in [1.29, 1.82) is 0 Å². The van der Waals surface area contributed by atoms with Gasteiger partial charge in [0.1, 0.15) is 10.9 Å². The number of aryl methyl sites for hydroxylation is 2. The van der Waals surface area contributed by atoms with Crippen molar-refractivity contribution in [3.8, 4) is 0 Å². The number of hydrogen-bond acceptors (Lipinski definition) is 3. The van der Waals surface area contributed by atoms with Gasteiger partial charge in [-0.15, -0.1) is 0 Å². The predicted molar refractivity (Wildman–Crippen MR) is 59.2 cm³/mol. The minimum absolute atomic E-state index is 1.09. The summed E-state index contributed by atoms with van der Waals surface area (Å²) in [6, 6.07) is 0. The Bertz CT molecular complexity index is 283. The quantitative estimate of drug-likeness (QED) is 0.700. The second kappa shape index (κ2) is 4.36. The van der Waals surface area contributed by atoms with Crippen LogP contribution >= 0.6 is 11.9 Å². The molecule has 0 spiro atoms. The van der Waals surface area contributed by atoms with Crippen LogP contribution in [0.15, 0.2) is 11.2 Å². The lowest BCUT2D eigenvalue weighted by Crippen LogP contribution is -2.22. The number of imidazole rings is 1. The Kier molecular flexibility index (Phi) is 3.13. The van der Waals surface area contributed by atoms with E-state index in [0.29, 0.717) is 0 Å². The normalized spacial score (nSPS) is 18.7. The average molecular weight is 211 g/mol. The van der Waals surface area contributed by atoms with Gasteiger partial charge in [0.05, 0.1) is 0 Å². The zero-order valence-electron chi connectivity index (χ0n) is 8.86. The Morgan fingerprint density at radius 2 is 2.00 bits per heavy atom. The smallest absolute Gasteiger partial charge is 0.129 e. The topological polar surface area (TPSA) is 21.1 Å². The van der Waals surface area contributed by atoms with Crippen LogP contribution in [-0.2, 0) is 7.05 Å². The van der Waals surface area contributed by atoms with Crippen LogP contribution in [0.4, 0.5) is 0 Å². The van der Waals surface area contributed by atoms with Crippen LogP contribution in [0.2, 0.25) is 0 Å². The van der Waals surface area contributed by atoms with Crippen molar-refractivity contribution < 1.29 is 0 Å². The molecule has 1 fully saturated rings. The summed E-state index contributed by atoms with van der Waals surface area (Å²) in [5.74, 6) is 1.09. The Morgan fingerprint density at radius 3 is 2.57 bits per heavy atom. The van der Waals surface area contributed by atoms with E-state index in [1.807, 2.05) is 14.0 Å². The fraction of sp³-hybridized carbons (Fsp3) is 0.700. The third-order valence-electron chi connectivity index (χ3n) is 2.62. The number of aromatic nitrogens is 2. The van der Waals surface area contributed by atoms with Crippen LogP contribution in [0.1, 0.15) is 25.1 Å². The lowest BCUT2D eigenvalue weighted by Gasteiger charge is -2.23. The van der Waals surface area contributed by atoms with Gasteiger partial charge >= 0.3 is 0 Å². The number of hydrogen-bond donors (Lipinski definition) is 0. The molecule has 78 valence electrons. The van der Waals surface area contributed by atoms with Crippen molar-refractivity contribution in [1.82, 2.24) is 13.9 Å². The fourth-order valence-corrected chi connectivity index (χ4v) is 2.74. The van der Waals surface area contributed by atoms with Gasteiger partial charge in [-0.2, -0.15) is 0 Å².